The van der Waals surface area contributed by atoms with E-state index in [1.165, 1.54) is 18.1 Å². The average molecular weight is 256 g/mol. The first-order valence-electron chi connectivity index (χ1n) is 6.87. The van der Waals surface area contributed by atoms with Gasteiger partial charge in [-0.15, -0.1) is 0 Å². The molecule has 0 aliphatic heterocycles. The Hall–Kier alpha value is -0.413. The van der Waals surface area contributed by atoms with Crippen LogP contribution in [-0.4, -0.2) is 21.2 Å². The van der Waals surface area contributed by atoms with Gasteiger partial charge in [0.1, 0.15) is 6.29 Å². The third kappa shape index (κ3) is 5.64. The molecule has 100 valence electrons. The van der Waals surface area contributed by atoms with Crippen LogP contribution in [0, 0.1) is 5.92 Å². The second-order valence-corrected chi connectivity index (χ2v) is 9.52. The fraction of sp³-hybridized carbons (Fsp3) is 0.786. The van der Waals surface area contributed by atoms with Gasteiger partial charge in [0, 0.05) is 6.61 Å². The maximum atomic E-state index is 10.7. The van der Waals surface area contributed by atoms with E-state index in [1.54, 1.807) is 0 Å². The zero-order valence-corrected chi connectivity index (χ0v) is 13.1. The third-order valence-electron chi connectivity index (χ3n) is 3.64. The van der Waals surface area contributed by atoms with E-state index in [-0.39, 0.29) is 0 Å². The molecule has 1 unspecified atom stereocenters. The van der Waals surface area contributed by atoms with Crippen LogP contribution in [-0.2, 0) is 9.22 Å². The molecule has 0 N–H and O–H groups in total. The van der Waals surface area contributed by atoms with Crippen molar-refractivity contribution in [2.45, 2.75) is 59.2 Å². The van der Waals surface area contributed by atoms with Gasteiger partial charge >= 0.3 is 0 Å². The van der Waals surface area contributed by atoms with Crippen molar-refractivity contribution in [1.82, 2.24) is 0 Å². The van der Waals surface area contributed by atoms with Crippen molar-refractivity contribution in [3.63, 3.8) is 0 Å². The van der Waals surface area contributed by atoms with Crippen molar-refractivity contribution in [2.24, 2.45) is 5.92 Å². The molecule has 0 saturated heterocycles. The van der Waals surface area contributed by atoms with Gasteiger partial charge in [-0.1, -0.05) is 40.7 Å². The van der Waals surface area contributed by atoms with E-state index in [1.807, 2.05) is 13.0 Å². The monoisotopic (exact) mass is 256 g/mol. The predicted molar refractivity (Wildman–Crippen MR) is 76.8 cm³/mol. The van der Waals surface area contributed by atoms with Crippen LogP contribution in [0.15, 0.2) is 11.6 Å². The Balaban J connectivity index is 4.35. The minimum absolute atomic E-state index is 0.340. The predicted octanol–water partition coefficient (Wildman–Crippen LogP) is 4.18. The number of hydrogen-bond donors (Lipinski definition) is 0. The standard InChI is InChI=1S/C14H28O2Si/c1-6-14(11-15)10-13(5)12-16-17(7-2,8-3)9-4/h10-11,13H,6-9,12H2,1-5H3/b14-10-. The van der Waals surface area contributed by atoms with Crippen molar-refractivity contribution < 1.29 is 9.22 Å². The van der Waals surface area contributed by atoms with Crippen LogP contribution in [0.1, 0.15) is 41.0 Å². The summed E-state index contributed by atoms with van der Waals surface area (Å²) in [5, 5.41) is 0. The lowest BCUT2D eigenvalue weighted by atomic mass is 10.1. The number of carbonyl (C=O) groups is 1. The SMILES string of the molecule is CC/C(C=O)=C/C(C)CO[Si](CC)(CC)CC. The number of rotatable bonds is 9. The second kappa shape index (κ2) is 8.64. The summed E-state index contributed by atoms with van der Waals surface area (Å²) in [6, 6.07) is 3.56. The Kier molecular flexibility index (Phi) is 8.43. The van der Waals surface area contributed by atoms with E-state index >= 15 is 0 Å². The molecule has 0 spiro atoms. The van der Waals surface area contributed by atoms with Crippen LogP contribution in [0.25, 0.3) is 0 Å². The Labute approximate surface area is 108 Å². The Morgan fingerprint density at radius 3 is 2.06 bits per heavy atom. The van der Waals surface area contributed by atoms with Gasteiger partial charge in [-0.25, -0.2) is 0 Å². The average Bonchev–Trinajstić information content (AvgIpc) is 2.38. The van der Waals surface area contributed by atoms with E-state index in [0.29, 0.717) is 5.92 Å². The van der Waals surface area contributed by atoms with Crippen molar-refractivity contribution in [1.29, 1.82) is 0 Å². The number of hydrogen-bond acceptors (Lipinski definition) is 2. The van der Waals surface area contributed by atoms with E-state index in [9.17, 15) is 4.79 Å². The van der Waals surface area contributed by atoms with Crippen molar-refractivity contribution in [2.75, 3.05) is 6.61 Å². The molecule has 0 saturated carbocycles. The quantitative estimate of drug-likeness (QED) is 0.351. The molecule has 0 aliphatic carbocycles. The van der Waals surface area contributed by atoms with Crippen molar-refractivity contribution >= 4 is 14.6 Å². The molecule has 0 aliphatic rings. The molecule has 0 aromatic heterocycles. The third-order valence-corrected chi connectivity index (χ3v) is 8.29. The van der Waals surface area contributed by atoms with E-state index in [2.05, 4.69) is 27.7 Å². The molecule has 3 heteroatoms. The second-order valence-electron chi connectivity index (χ2n) is 4.74. The lowest BCUT2D eigenvalue weighted by Crippen LogP contribution is -2.37. The summed E-state index contributed by atoms with van der Waals surface area (Å²) in [6.07, 6.45) is 3.82. The lowest BCUT2D eigenvalue weighted by molar-refractivity contribution is -0.105. The van der Waals surface area contributed by atoms with Gasteiger partial charge in [0.25, 0.3) is 0 Å². The molecule has 0 radical (unpaired) electrons. The summed E-state index contributed by atoms with van der Waals surface area (Å²) in [4.78, 5) is 10.7. The molecule has 2 nitrogen and oxygen atoms in total. The van der Waals surface area contributed by atoms with Crippen LogP contribution in [0.3, 0.4) is 0 Å². The largest absolute Gasteiger partial charge is 0.416 e. The highest BCUT2D eigenvalue weighted by Crippen LogP contribution is 2.22. The van der Waals surface area contributed by atoms with Crippen LogP contribution in [0.5, 0.6) is 0 Å². The van der Waals surface area contributed by atoms with E-state index in [4.69, 9.17) is 4.43 Å². The Morgan fingerprint density at radius 2 is 1.71 bits per heavy atom. The maximum absolute atomic E-state index is 10.7. The van der Waals surface area contributed by atoms with E-state index in [0.717, 1.165) is 24.9 Å². The zero-order valence-electron chi connectivity index (χ0n) is 12.1. The highest BCUT2D eigenvalue weighted by atomic mass is 28.4. The molecule has 0 amide bonds. The van der Waals surface area contributed by atoms with Crippen LogP contribution in [0.2, 0.25) is 18.1 Å². The summed E-state index contributed by atoms with van der Waals surface area (Å²) in [5.74, 6) is 0.340. The molecule has 0 heterocycles. The van der Waals surface area contributed by atoms with Gasteiger partial charge in [0.05, 0.1) is 0 Å². The van der Waals surface area contributed by atoms with Crippen molar-refractivity contribution in [3.05, 3.63) is 11.6 Å². The molecular weight excluding hydrogens is 228 g/mol. The van der Waals surface area contributed by atoms with Crippen LogP contribution < -0.4 is 0 Å². The lowest BCUT2D eigenvalue weighted by Gasteiger charge is -2.29. The van der Waals surface area contributed by atoms with Gasteiger partial charge in [-0.3, -0.25) is 4.79 Å². The van der Waals surface area contributed by atoms with E-state index < -0.39 is 8.32 Å². The fourth-order valence-corrected chi connectivity index (χ4v) is 4.75. The topological polar surface area (TPSA) is 26.3 Å². The minimum atomic E-state index is -1.47. The maximum Gasteiger partial charge on any atom is 0.192 e. The molecule has 0 aromatic carbocycles. The number of allylic oxidation sites excluding steroid dienone is 1. The molecular formula is C14H28O2Si. The van der Waals surface area contributed by atoms with Gasteiger partial charge in [0.2, 0.25) is 0 Å². The molecule has 1 atom stereocenters. The molecule has 0 aromatic rings. The first-order chi connectivity index (χ1) is 8.07. The molecule has 0 fully saturated rings. The summed E-state index contributed by atoms with van der Waals surface area (Å²) in [6.45, 7) is 11.6. The van der Waals surface area contributed by atoms with Gasteiger partial charge in [0.15, 0.2) is 8.32 Å². The first kappa shape index (κ1) is 16.6. The summed E-state index contributed by atoms with van der Waals surface area (Å²) in [5.41, 5.74) is 0.887. The van der Waals surface area contributed by atoms with Crippen molar-refractivity contribution in [3.8, 4) is 0 Å². The van der Waals surface area contributed by atoms with Crippen LogP contribution in [0.4, 0.5) is 0 Å². The summed E-state index contributed by atoms with van der Waals surface area (Å²) >= 11 is 0. The van der Waals surface area contributed by atoms with Crippen LogP contribution >= 0.6 is 0 Å². The minimum Gasteiger partial charge on any atom is -0.416 e. The highest BCUT2D eigenvalue weighted by molar-refractivity contribution is 6.73. The van der Waals surface area contributed by atoms with Gasteiger partial charge in [-0.05, 0) is 36.0 Å². The summed E-state index contributed by atoms with van der Waals surface area (Å²) < 4.78 is 6.21. The summed E-state index contributed by atoms with van der Waals surface area (Å²) in [7, 11) is -1.47. The number of aldehydes is 1. The smallest absolute Gasteiger partial charge is 0.192 e. The molecule has 0 rings (SSSR count). The number of carbonyl (C=O) groups excluding carboxylic acids is 1. The normalized spacial score (nSPS) is 14.8. The molecule has 17 heavy (non-hydrogen) atoms. The Morgan fingerprint density at radius 1 is 1.18 bits per heavy atom. The fourth-order valence-electron chi connectivity index (χ4n) is 2.02. The highest BCUT2D eigenvalue weighted by Gasteiger charge is 2.28. The molecule has 0 bridgehead atoms. The first-order valence-corrected chi connectivity index (χ1v) is 9.40. The van der Waals surface area contributed by atoms with Gasteiger partial charge < -0.3 is 4.43 Å². The Bertz CT molecular complexity index is 236. The van der Waals surface area contributed by atoms with Gasteiger partial charge in [-0.2, -0.15) is 0 Å². The zero-order chi connectivity index (χ0) is 13.3.